The number of aryl methyl sites for hydroxylation is 1. The molecule has 0 bridgehead atoms. The second-order valence-corrected chi connectivity index (χ2v) is 11.0. The van der Waals surface area contributed by atoms with Crippen molar-refractivity contribution in [2.24, 2.45) is 11.8 Å². The van der Waals surface area contributed by atoms with Gasteiger partial charge in [0.15, 0.2) is 0 Å². The molecule has 0 unspecified atom stereocenters. The topological polar surface area (TPSA) is 66.5 Å². The Labute approximate surface area is 187 Å². The van der Waals surface area contributed by atoms with Crippen LogP contribution < -0.4 is 9.62 Å². The fourth-order valence-electron chi connectivity index (χ4n) is 3.64. The number of carbonyl (C=O) groups is 1. The van der Waals surface area contributed by atoms with Gasteiger partial charge in [0.2, 0.25) is 5.91 Å². The van der Waals surface area contributed by atoms with E-state index in [1.54, 1.807) is 36.4 Å². The first-order valence-corrected chi connectivity index (χ1v) is 12.4. The Kier molecular flexibility index (Phi) is 8.29. The second-order valence-electron chi connectivity index (χ2n) is 9.15. The van der Waals surface area contributed by atoms with E-state index in [4.69, 9.17) is 0 Å². The molecule has 6 heteroatoms. The van der Waals surface area contributed by atoms with E-state index in [2.05, 4.69) is 46.9 Å². The smallest absolute Gasteiger partial charge is 0.264 e. The van der Waals surface area contributed by atoms with Crippen LogP contribution in [-0.2, 0) is 14.8 Å². The van der Waals surface area contributed by atoms with Crippen LogP contribution in [0.15, 0.2) is 53.4 Å². The number of hydrogen-bond acceptors (Lipinski definition) is 3. The van der Waals surface area contributed by atoms with E-state index < -0.39 is 10.0 Å². The van der Waals surface area contributed by atoms with Gasteiger partial charge in [0.05, 0.1) is 10.6 Å². The normalized spacial score (nSPS) is 12.1. The average Bonchev–Trinajstić information content (AvgIpc) is 2.70. The van der Waals surface area contributed by atoms with Crippen LogP contribution in [-0.4, -0.2) is 26.9 Å². The van der Waals surface area contributed by atoms with Gasteiger partial charge in [-0.05, 0) is 54.5 Å². The van der Waals surface area contributed by atoms with Crippen LogP contribution in [0.4, 0.5) is 5.69 Å². The lowest BCUT2D eigenvalue weighted by atomic mass is 9.93. The number of benzene rings is 2. The third-order valence-electron chi connectivity index (χ3n) is 5.51. The summed E-state index contributed by atoms with van der Waals surface area (Å²) in [7, 11) is -3.90. The standard InChI is InChI=1S/C25H36N2O3S/c1-17(2)21-10-12-22(13-11-21)27(16-24(28)26-25(18(3)4)19(5)6)31(29,30)23-14-8-20(7)9-15-23/h8-15,17-19,25H,16H2,1-7H3,(H,26,28). The van der Waals surface area contributed by atoms with Crippen LogP contribution in [0.25, 0.3) is 0 Å². The molecular weight excluding hydrogens is 408 g/mol. The van der Waals surface area contributed by atoms with Gasteiger partial charge in [0.1, 0.15) is 6.54 Å². The summed E-state index contributed by atoms with van der Waals surface area (Å²) in [6, 6.07) is 14.1. The molecule has 0 saturated heterocycles. The van der Waals surface area contributed by atoms with Gasteiger partial charge >= 0.3 is 0 Å². The van der Waals surface area contributed by atoms with Crippen LogP contribution in [0.2, 0.25) is 0 Å². The van der Waals surface area contributed by atoms with Crippen molar-refractivity contribution in [2.45, 2.75) is 65.3 Å². The summed E-state index contributed by atoms with van der Waals surface area (Å²) in [6.07, 6.45) is 0. The molecule has 0 radical (unpaired) electrons. The van der Waals surface area contributed by atoms with E-state index in [0.29, 0.717) is 11.6 Å². The number of amides is 1. The maximum Gasteiger partial charge on any atom is 0.264 e. The van der Waals surface area contributed by atoms with Crippen LogP contribution in [0.3, 0.4) is 0 Å². The molecule has 0 spiro atoms. The van der Waals surface area contributed by atoms with Crippen LogP contribution >= 0.6 is 0 Å². The lowest BCUT2D eigenvalue weighted by Crippen LogP contribution is -2.47. The molecule has 0 fully saturated rings. The third kappa shape index (κ3) is 6.33. The molecule has 1 amide bonds. The molecule has 0 aliphatic carbocycles. The molecule has 0 atom stereocenters. The Hall–Kier alpha value is -2.34. The first kappa shape index (κ1) is 24.9. The highest BCUT2D eigenvalue weighted by molar-refractivity contribution is 7.92. The van der Waals surface area contributed by atoms with Gasteiger partial charge in [-0.2, -0.15) is 0 Å². The van der Waals surface area contributed by atoms with Crippen molar-refractivity contribution in [1.29, 1.82) is 0 Å². The number of sulfonamides is 1. The quantitative estimate of drug-likeness (QED) is 0.584. The fourth-order valence-corrected chi connectivity index (χ4v) is 5.06. The van der Waals surface area contributed by atoms with E-state index in [1.165, 1.54) is 4.31 Å². The predicted molar refractivity (Wildman–Crippen MR) is 128 cm³/mol. The summed E-state index contributed by atoms with van der Waals surface area (Å²) in [5.74, 6) is 0.515. The van der Waals surface area contributed by atoms with E-state index in [-0.39, 0.29) is 35.2 Å². The number of rotatable bonds is 9. The van der Waals surface area contributed by atoms with Crippen molar-refractivity contribution >= 4 is 21.6 Å². The Bertz CT molecular complexity index is 955. The Morgan fingerprint density at radius 3 is 1.84 bits per heavy atom. The van der Waals surface area contributed by atoms with Gasteiger partial charge in [-0.25, -0.2) is 8.42 Å². The lowest BCUT2D eigenvalue weighted by Gasteiger charge is -2.29. The Balaban J connectivity index is 2.42. The van der Waals surface area contributed by atoms with Gasteiger partial charge in [0.25, 0.3) is 10.0 Å². The minimum atomic E-state index is -3.90. The summed E-state index contributed by atoms with van der Waals surface area (Å²) >= 11 is 0. The molecule has 2 aromatic rings. The molecule has 1 N–H and O–H groups in total. The van der Waals surface area contributed by atoms with Gasteiger partial charge in [-0.15, -0.1) is 0 Å². The first-order chi connectivity index (χ1) is 14.4. The van der Waals surface area contributed by atoms with Gasteiger partial charge in [0, 0.05) is 6.04 Å². The lowest BCUT2D eigenvalue weighted by molar-refractivity contribution is -0.121. The zero-order valence-electron chi connectivity index (χ0n) is 19.7. The SMILES string of the molecule is Cc1ccc(S(=O)(=O)N(CC(=O)NC(C(C)C)C(C)C)c2ccc(C(C)C)cc2)cc1. The van der Waals surface area contributed by atoms with E-state index in [0.717, 1.165) is 11.1 Å². The molecule has 0 saturated carbocycles. The van der Waals surface area contributed by atoms with Gasteiger partial charge in [-0.3, -0.25) is 9.10 Å². The molecule has 2 aromatic carbocycles. The molecule has 31 heavy (non-hydrogen) atoms. The van der Waals surface area contributed by atoms with Crippen molar-refractivity contribution < 1.29 is 13.2 Å². The van der Waals surface area contributed by atoms with Crippen molar-refractivity contribution in [1.82, 2.24) is 5.32 Å². The molecule has 0 heterocycles. The maximum absolute atomic E-state index is 13.5. The summed E-state index contributed by atoms with van der Waals surface area (Å²) in [6.45, 7) is 14.0. The summed E-state index contributed by atoms with van der Waals surface area (Å²) in [5.41, 5.74) is 2.56. The third-order valence-corrected chi connectivity index (χ3v) is 7.30. The fraction of sp³-hybridized carbons (Fsp3) is 0.480. The molecule has 0 aromatic heterocycles. The minimum Gasteiger partial charge on any atom is -0.351 e. The zero-order valence-corrected chi connectivity index (χ0v) is 20.5. The second kappa shape index (κ2) is 10.3. The molecule has 0 aliphatic rings. The molecule has 5 nitrogen and oxygen atoms in total. The van der Waals surface area contributed by atoms with Gasteiger partial charge in [-0.1, -0.05) is 71.4 Å². The van der Waals surface area contributed by atoms with Crippen LogP contribution in [0.5, 0.6) is 0 Å². The number of carbonyl (C=O) groups excluding carboxylic acids is 1. The summed E-state index contributed by atoms with van der Waals surface area (Å²) in [5, 5.41) is 3.03. The Morgan fingerprint density at radius 2 is 1.39 bits per heavy atom. The van der Waals surface area contributed by atoms with Crippen molar-refractivity contribution in [3.8, 4) is 0 Å². The van der Waals surface area contributed by atoms with Crippen LogP contribution in [0, 0.1) is 18.8 Å². The zero-order chi connectivity index (χ0) is 23.3. The number of anilines is 1. The van der Waals surface area contributed by atoms with E-state index >= 15 is 0 Å². The molecule has 170 valence electrons. The number of nitrogens with one attached hydrogen (secondary N) is 1. The Morgan fingerprint density at radius 1 is 0.871 bits per heavy atom. The van der Waals surface area contributed by atoms with E-state index in [9.17, 15) is 13.2 Å². The number of hydrogen-bond donors (Lipinski definition) is 1. The highest BCUT2D eigenvalue weighted by Gasteiger charge is 2.29. The first-order valence-electron chi connectivity index (χ1n) is 10.9. The monoisotopic (exact) mass is 444 g/mol. The summed E-state index contributed by atoms with van der Waals surface area (Å²) < 4.78 is 28.2. The minimum absolute atomic E-state index is 0.0280. The molecule has 2 rings (SSSR count). The predicted octanol–water partition coefficient (Wildman–Crippen LogP) is 5.11. The molecule has 0 aliphatic heterocycles. The van der Waals surface area contributed by atoms with Crippen molar-refractivity contribution in [3.63, 3.8) is 0 Å². The summed E-state index contributed by atoms with van der Waals surface area (Å²) in [4.78, 5) is 13.1. The largest absolute Gasteiger partial charge is 0.351 e. The number of nitrogens with zero attached hydrogens (tertiary/aromatic N) is 1. The average molecular weight is 445 g/mol. The van der Waals surface area contributed by atoms with Crippen molar-refractivity contribution in [2.75, 3.05) is 10.8 Å². The van der Waals surface area contributed by atoms with E-state index in [1.807, 2.05) is 19.1 Å². The van der Waals surface area contributed by atoms with Crippen LogP contribution in [0.1, 0.15) is 58.6 Å². The molecular formula is C25H36N2O3S. The highest BCUT2D eigenvalue weighted by Crippen LogP contribution is 2.26. The highest BCUT2D eigenvalue weighted by atomic mass is 32.2. The van der Waals surface area contributed by atoms with Crippen molar-refractivity contribution in [3.05, 3.63) is 59.7 Å². The maximum atomic E-state index is 13.5. The van der Waals surface area contributed by atoms with Gasteiger partial charge < -0.3 is 5.32 Å².